The largest absolute Gasteiger partial charge is 0.481 e. The molecular weight excluding hydrogens is 427 g/mol. The van der Waals surface area contributed by atoms with E-state index in [-0.39, 0.29) is 11.7 Å². The van der Waals surface area contributed by atoms with Crippen molar-refractivity contribution in [3.63, 3.8) is 0 Å². The molecule has 0 spiro atoms. The Morgan fingerprint density at radius 3 is 2.47 bits per heavy atom. The molecule has 0 aromatic heterocycles. The van der Waals surface area contributed by atoms with Crippen molar-refractivity contribution in [1.29, 1.82) is 0 Å². The molecule has 0 aliphatic carbocycles. The number of benzene rings is 2. The molecule has 0 aliphatic rings. The normalized spacial score (nSPS) is 12.3. The summed E-state index contributed by atoms with van der Waals surface area (Å²) in [5.74, 6) is 1.24. The van der Waals surface area contributed by atoms with Crippen molar-refractivity contribution in [2.45, 2.75) is 25.2 Å². The van der Waals surface area contributed by atoms with E-state index < -0.39 is 16.1 Å². The lowest BCUT2D eigenvalue weighted by atomic mass is 10.2. The molecule has 30 heavy (non-hydrogen) atoms. The van der Waals surface area contributed by atoms with Gasteiger partial charge in [0, 0.05) is 25.1 Å². The number of carbonyl (C=O) groups is 1. The van der Waals surface area contributed by atoms with Gasteiger partial charge in [-0.25, -0.2) is 12.8 Å². The zero-order valence-electron chi connectivity index (χ0n) is 17.3. The van der Waals surface area contributed by atoms with Crippen molar-refractivity contribution >= 4 is 33.4 Å². The van der Waals surface area contributed by atoms with E-state index in [0.29, 0.717) is 41.5 Å². The van der Waals surface area contributed by atoms with Gasteiger partial charge >= 0.3 is 0 Å². The molecular formula is C21H27FN2O4S2. The Morgan fingerprint density at radius 1 is 1.20 bits per heavy atom. The minimum Gasteiger partial charge on any atom is -0.481 e. The molecule has 2 aromatic carbocycles. The highest BCUT2D eigenvalue weighted by Crippen LogP contribution is 2.21. The molecule has 2 aromatic rings. The van der Waals surface area contributed by atoms with Crippen LogP contribution in [0.25, 0.3) is 0 Å². The summed E-state index contributed by atoms with van der Waals surface area (Å²) < 4.78 is 43.7. The van der Waals surface area contributed by atoms with Crippen molar-refractivity contribution in [2.24, 2.45) is 0 Å². The third-order valence-corrected chi connectivity index (χ3v) is 6.61. The first-order valence-corrected chi connectivity index (χ1v) is 12.5. The molecule has 1 amide bonds. The van der Waals surface area contributed by atoms with Gasteiger partial charge in [-0.2, -0.15) is 11.8 Å². The van der Waals surface area contributed by atoms with Crippen LogP contribution in [0.15, 0.2) is 48.5 Å². The maximum absolute atomic E-state index is 13.6. The van der Waals surface area contributed by atoms with Crippen molar-refractivity contribution in [1.82, 2.24) is 5.32 Å². The van der Waals surface area contributed by atoms with Crippen LogP contribution in [0.2, 0.25) is 0 Å². The lowest BCUT2D eigenvalue weighted by Gasteiger charge is -2.19. The van der Waals surface area contributed by atoms with Gasteiger partial charge < -0.3 is 10.1 Å². The van der Waals surface area contributed by atoms with Crippen molar-refractivity contribution in [3.05, 3.63) is 59.9 Å². The summed E-state index contributed by atoms with van der Waals surface area (Å²) in [5.41, 5.74) is 1.16. The van der Waals surface area contributed by atoms with Crippen molar-refractivity contribution in [2.75, 3.05) is 29.9 Å². The Bertz CT molecular complexity index is 936. The fourth-order valence-corrected chi connectivity index (χ4v) is 3.92. The topological polar surface area (TPSA) is 75.7 Å². The number of anilines is 1. The molecule has 0 radical (unpaired) electrons. The van der Waals surface area contributed by atoms with Gasteiger partial charge in [-0.15, -0.1) is 0 Å². The van der Waals surface area contributed by atoms with Crippen LogP contribution in [0.3, 0.4) is 0 Å². The second-order valence-electron chi connectivity index (χ2n) is 6.67. The van der Waals surface area contributed by atoms with Crippen LogP contribution in [-0.2, 0) is 20.6 Å². The van der Waals surface area contributed by atoms with Crippen LogP contribution in [-0.4, -0.2) is 46.0 Å². The zero-order chi connectivity index (χ0) is 22.1. The molecule has 0 saturated carbocycles. The molecule has 0 aliphatic heterocycles. The van der Waals surface area contributed by atoms with Gasteiger partial charge in [0.1, 0.15) is 11.6 Å². The van der Waals surface area contributed by atoms with E-state index in [1.165, 1.54) is 17.4 Å². The number of nitrogens with one attached hydrogen (secondary N) is 1. The standard InChI is InChI=1S/C21H27FN2O4S2/c1-4-20(28-18-11-9-17(10-12-18)24(2)30(3,26)27)21(25)23-13-14-29-15-16-7-5-6-8-19(16)22/h5-12,20H,4,13-15H2,1-3H3,(H,23,25)/t20-/m0/s1. The Morgan fingerprint density at radius 2 is 1.87 bits per heavy atom. The second-order valence-corrected chi connectivity index (χ2v) is 9.79. The molecule has 0 saturated heterocycles. The Labute approximate surface area is 181 Å². The molecule has 6 nitrogen and oxygen atoms in total. The SMILES string of the molecule is CC[C@H](Oc1ccc(N(C)S(C)(=O)=O)cc1)C(=O)NCCSCc1ccccc1F. The van der Waals surface area contributed by atoms with E-state index in [1.54, 1.807) is 54.2 Å². The van der Waals surface area contributed by atoms with Crippen LogP contribution < -0.4 is 14.4 Å². The number of carbonyl (C=O) groups excluding carboxylic acids is 1. The number of halogens is 1. The predicted octanol–water partition coefficient (Wildman–Crippen LogP) is 3.43. The number of sulfonamides is 1. The van der Waals surface area contributed by atoms with Gasteiger partial charge in [0.15, 0.2) is 6.10 Å². The van der Waals surface area contributed by atoms with Crippen molar-refractivity contribution < 1.29 is 22.3 Å². The number of amides is 1. The third-order valence-electron chi connectivity index (χ3n) is 4.40. The maximum atomic E-state index is 13.6. The van der Waals surface area contributed by atoms with Crippen LogP contribution in [0.1, 0.15) is 18.9 Å². The fourth-order valence-electron chi connectivity index (χ4n) is 2.57. The van der Waals surface area contributed by atoms with Crippen LogP contribution in [0, 0.1) is 5.82 Å². The van der Waals surface area contributed by atoms with Gasteiger partial charge in [-0.05, 0) is 42.3 Å². The van der Waals surface area contributed by atoms with E-state index in [9.17, 15) is 17.6 Å². The lowest BCUT2D eigenvalue weighted by Crippen LogP contribution is -2.39. The first-order valence-electron chi connectivity index (χ1n) is 9.52. The van der Waals surface area contributed by atoms with Crippen molar-refractivity contribution in [3.8, 4) is 5.75 Å². The molecule has 0 bridgehead atoms. The van der Waals surface area contributed by atoms with Crippen LogP contribution >= 0.6 is 11.8 Å². The van der Waals surface area contributed by atoms with Gasteiger partial charge in [0.25, 0.3) is 5.91 Å². The highest BCUT2D eigenvalue weighted by Gasteiger charge is 2.18. The highest BCUT2D eigenvalue weighted by atomic mass is 32.2. The maximum Gasteiger partial charge on any atom is 0.261 e. The lowest BCUT2D eigenvalue weighted by molar-refractivity contribution is -0.127. The van der Waals surface area contributed by atoms with Gasteiger partial charge in [0.05, 0.1) is 11.9 Å². The van der Waals surface area contributed by atoms with Gasteiger partial charge in [-0.1, -0.05) is 25.1 Å². The fraction of sp³-hybridized carbons (Fsp3) is 0.381. The Hall–Kier alpha value is -2.26. The van der Waals surface area contributed by atoms with Gasteiger partial charge in [-0.3, -0.25) is 9.10 Å². The number of hydrogen-bond acceptors (Lipinski definition) is 5. The summed E-state index contributed by atoms with van der Waals surface area (Å²) in [6, 6.07) is 13.2. The predicted molar refractivity (Wildman–Crippen MR) is 120 cm³/mol. The number of nitrogens with zero attached hydrogens (tertiary/aromatic N) is 1. The number of ether oxygens (including phenoxy) is 1. The summed E-state index contributed by atoms with van der Waals surface area (Å²) in [7, 11) is -1.87. The zero-order valence-corrected chi connectivity index (χ0v) is 18.9. The number of rotatable bonds is 11. The molecule has 1 atom stereocenters. The second kappa shape index (κ2) is 11.2. The van der Waals surface area contributed by atoms with E-state index in [2.05, 4.69) is 5.32 Å². The number of thioether (sulfide) groups is 1. The summed E-state index contributed by atoms with van der Waals surface area (Å²) in [5, 5.41) is 2.84. The molecule has 2 rings (SSSR count). The average Bonchev–Trinajstić information content (AvgIpc) is 2.72. The minimum atomic E-state index is -3.34. The number of hydrogen-bond donors (Lipinski definition) is 1. The quantitative estimate of drug-likeness (QED) is 0.527. The summed E-state index contributed by atoms with van der Waals surface area (Å²) in [6.07, 6.45) is 0.961. The summed E-state index contributed by atoms with van der Waals surface area (Å²) >= 11 is 1.54. The van der Waals surface area contributed by atoms with E-state index in [1.807, 2.05) is 6.92 Å². The monoisotopic (exact) mass is 454 g/mol. The highest BCUT2D eigenvalue weighted by molar-refractivity contribution is 7.98. The molecule has 0 unspecified atom stereocenters. The Kier molecular flexibility index (Phi) is 8.98. The van der Waals surface area contributed by atoms with Crippen LogP contribution in [0.4, 0.5) is 10.1 Å². The first kappa shape index (κ1) is 24.0. The smallest absolute Gasteiger partial charge is 0.261 e. The van der Waals surface area contributed by atoms with Crippen LogP contribution in [0.5, 0.6) is 5.75 Å². The molecule has 0 heterocycles. The molecule has 1 N–H and O–H groups in total. The summed E-state index contributed by atoms with van der Waals surface area (Å²) in [6.45, 7) is 2.30. The summed E-state index contributed by atoms with van der Waals surface area (Å²) in [4.78, 5) is 12.4. The molecule has 164 valence electrons. The minimum absolute atomic E-state index is 0.220. The van der Waals surface area contributed by atoms with E-state index >= 15 is 0 Å². The molecule has 0 fully saturated rings. The van der Waals surface area contributed by atoms with E-state index in [4.69, 9.17) is 4.74 Å². The van der Waals surface area contributed by atoms with E-state index in [0.717, 1.165) is 6.26 Å². The Balaban J connectivity index is 1.79. The van der Waals surface area contributed by atoms with Gasteiger partial charge in [0.2, 0.25) is 10.0 Å². The first-order chi connectivity index (χ1) is 14.2. The third kappa shape index (κ3) is 7.21. The average molecular weight is 455 g/mol. The molecule has 9 heteroatoms.